The Balaban J connectivity index is 2.02. The van der Waals surface area contributed by atoms with Crippen LogP contribution in [0.25, 0.3) is 0 Å². The van der Waals surface area contributed by atoms with Crippen LogP contribution in [0.5, 0.6) is 5.75 Å². The molecule has 1 saturated carbocycles. The Labute approximate surface area is 101 Å². The summed E-state index contributed by atoms with van der Waals surface area (Å²) < 4.78 is 27.8. The molecular weight excluding hydrogens is 240 g/mol. The number of anilines is 1. The van der Waals surface area contributed by atoms with Crippen molar-refractivity contribution in [2.45, 2.75) is 24.2 Å². The summed E-state index contributed by atoms with van der Waals surface area (Å²) in [6.07, 6.45) is 3.61. The van der Waals surface area contributed by atoms with Gasteiger partial charge >= 0.3 is 0 Å². The van der Waals surface area contributed by atoms with Gasteiger partial charge in [0, 0.05) is 6.07 Å². The van der Waals surface area contributed by atoms with Crippen molar-refractivity contribution in [2.75, 3.05) is 12.3 Å². The van der Waals surface area contributed by atoms with E-state index in [1.165, 1.54) is 25.0 Å². The smallest absolute Gasteiger partial charge is 0.240 e. The molecule has 2 rings (SSSR count). The molecule has 0 unspecified atom stereocenters. The predicted molar refractivity (Wildman–Crippen MR) is 65.1 cm³/mol. The van der Waals surface area contributed by atoms with Gasteiger partial charge in [-0.1, -0.05) is 12.8 Å². The Morgan fingerprint density at radius 2 is 2.06 bits per heavy atom. The quantitative estimate of drug-likeness (QED) is 0.771. The van der Waals surface area contributed by atoms with Crippen LogP contribution in [0, 0.1) is 5.92 Å². The lowest BCUT2D eigenvalue weighted by Crippen LogP contribution is -2.14. The maximum Gasteiger partial charge on any atom is 0.240 e. The van der Waals surface area contributed by atoms with Crippen molar-refractivity contribution in [3.63, 3.8) is 0 Å². The van der Waals surface area contributed by atoms with Gasteiger partial charge in [0.25, 0.3) is 0 Å². The summed E-state index contributed by atoms with van der Waals surface area (Å²) in [5.74, 6) is 1.38. The molecule has 6 heteroatoms. The molecule has 1 aromatic rings. The Morgan fingerprint density at radius 3 is 2.59 bits per heavy atom. The molecule has 1 aliphatic carbocycles. The van der Waals surface area contributed by atoms with Crippen molar-refractivity contribution < 1.29 is 13.2 Å². The largest absolute Gasteiger partial charge is 0.494 e. The Kier molecular flexibility index (Phi) is 3.26. The number of sulfonamides is 1. The van der Waals surface area contributed by atoms with Gasteiger partial charge in [0.05, 0.1) is 12.3 Å². The summed E-state index contributed by atoms with van der Waals surface area (Å²) in [6, 6.07) is 4.44. The molecule has 0 aromatic heterocycles. The maximum absolute atomic E-state index is 11.1. The molecule has 0 heterocycles. The highest BCUT2D eigenvalue weighted by Gasteiger charge is 2.20. The summed E-state index contributed by atoms with van der Waals surface area (Å²) in [5.41, 5.74) is 5.73. The predicted octanol–water partition coefficient (Wildman–Crippen LogP) is 1.10. The molecule has 1 aromatic carbocycles. The molecule has 4 N–H and O–H groups in total. The minimum atomic E-state index is -3.75. The van der Waals surface area contributed by atoms with Crippen molar-refractivity contribution in [3.8, 4) is 5.75 Å². The first-order valence-corrected chi connectivity index (χ1v) is 7.06. The van der Waals surface area contributed by atoms with Crippen LogP contribution in [-0.4, -0.2) is 15.0 Å². The fourth-order valence-electron chi connectivity index (χ4n) is 1.63. The van der Waals surface area contributed by atoms with E-state index >= 15 is 0 Å². The van der Waals surface area contributed by atoms with E-state index in [4.69, 9.17) is 15.6 Å². The second-order valence-corrected chi connectivity index (χ2v) is 5.85. The molecule has 1 aliphatic rings. The first kappa shape index (κ1) is 12.2. The topological polar surface area (TPSA) is 95.4 Å². The van der Waals surface area contributed by atoms with Crippen LogP contribution in [0.2, 0.25) is 0 Å². The van der Waals surface area contributed by atoms with Gasteiger partial charge in [-0.2, -0.15) is 0 Å². The van der Waals surface area contributed by atoms with E-state index in [1.54, 1.807) is 6.07 Å². The molecule has 1 fully saturated rings. The van der Waals surface area contributed by atoms with E-state index in [9.17, 15) is 8.42 Å². The number of nitrogen functional groups attached to an aromatic ring is 1. The van der Waals surface area contributed by atoms with E-state index in [-0.39, 0.29) is 10.6 Å². The second-order valence-electron chi connectivity index (χ2n) is 4.33. The molecule has 0 radical (unpaired) electrons. The van der Waals surface area contributed by atoms with Crippen LogP contribution in [0.4, 0.5) is 5.69 Å². The molecule has 0 saturated heterocycles. The van der Waals surface area contributed by atoms with E-state index in [0.717, 1.165) is 12.3 Å². The van der Waals surface area contributed by atoms with E-state index in [1.807, 2.05) is 0 Å². The van der Waals surface area contributed by atoms with Gasteiger partial charge in [-0.25, -0.2) is 13.6 Å². The normalized spacial score (nSPS) is 15.8. The molecule has 94 valence electrons. The fraction of sp³-hybridized carbons (Fsp3) is 0.455. The zero-order valence-corrected chi connectivity index (χ0v) is 10.2. The summed E-state index contributed by atoms with van der Waals surface area (Å²) in [5, 5.41) is 5.01. The van der Waals surface area contributed by atoms with Gasteiger partial charge < -0.3 is 10.5 Å². The third kappa shape index (κ3) is 3.34. The van der Waals surface area contributed by atoms with E-state index in [0.29, 0.717) is 12.4 Å². The first-order chi connectivity index (χ1) is 7.97. The highest BCUT2D eigenvalue weighted by atomic mass is 32.2. The standard InChI is InChI=1S/C11H16N2O3S/c12-10-7-9(16-6-5-8-1-2-8)3-4-11(10)17(13,14)15/h3-4,7-8H,1-2,5-6,12H2,(H2,13,14,15). The fourth-order valence-corrected chi connectivity index (χ4v) is 2.27. The van der Waals surface area contributed by atoms with Crippen LogP contribution < -0.4 is 15.6 Å². The first-order valence-electron chi connectivity index (χ1n) is 5.52. The Bertz CT molecular complexity index is 509. The van der Waals surface area contributed by atoms with Crippen LogP contribution in [-0.2, 0) is 10.0 Å². The third-order valence-electron chi connectivity index (χ3n) is 2.78. The van der Waals surface area contributed by atoms with Gasteiger partial charge in [-0.3, -0.25) is 0 Å². The SMILES string of the molecule is Nc1cc(OCCC2CC2)ccc1S(N)(=O)=O. The number of hydrogen-bond acceptors (Lipinski definition) is 4. The minimum Gasteiger partial charge on any atom is -0.494 e. The van der Waals surface area contributed by atoms with Crippen LogP contribution in [0.15, 0.2) is 23.1 Å². The Hall–Kier alpha value is -1.27. The van der Waals surface area contributed by atoms with Gasteiger partial charge in [-0.15, -0.1) is 0 Å². The maximum atomic E-state index is 11.1. The summed E-state index contributed by atoms with van der Waals surface area (Å²) in [6.45, 7) is 0.638. The molecule has 0 bridgehead atoms. The van der Waals surface area contributed by atoms with E-state index < -0.39 is 10.0 Å². The Morgan fingerprint density at radius 1 is 1.35 bits per heavy atom. The van der Waals surface area contributed by atoms with Crippen LogP contribution in [0.3, 0.4) is 0 Å². The summed E-state index contributed by atoms with van der Waals surface area (Å²) in [7, 11) is -3.75. The zero-order valence-electron chi connectivity index (χ0n) is 9.43. The summed E-state index contributed by atoms with van der Waals surface area (Å²) in [4.78, 5) is -0.0629. The van der Waals surface area contributed by atoms with Gasteiger partial charge in [0.15, 0.2) is 0 Å². The number of rotatable bonds is 5. The molecular formula is C11H16N2O3S. The number of primary sulfonamides is 1. The molecule has 0 atom stereocenters. The lowest BCUT2D eigenvalue weighted by atomic mass is 10.3. The highest BCUT2D eigenvalue weighted by molar-refractivity contribution is 7.89. The third-order valence-corrected chi connectivity index (χ3v) is 3.76. The van der Waals surface area contributed by atoms with Crippen molar-refractivity contribution >= 4 is 15.7 Å². The van der Waals surface area contributed by atoms with Crippen molar-refractivity contribution in [1.29, 1.82) is 0 Å². The minimum absolute atomic E-state index is 0.0629. The molecule has 5 nitrogen and oxygen atoms in total. The highest BCUT2D eigenvalue weighted by Crippen LogP contribution is 2.32. The number of nitrogens with two attached hydrogens (primary N) is 2. The average Bonchev–Trinajstić information content (AvgIpc) is 2.99. The van der Waals surface area contributed by atoms with Crippen LogP contribution in [0.1, 0.15) is 19.3 Å². The van der Waals surface area contributed by atoms with Crippen molar-refractivity contribution in [3.05, 3.63) is 18.2 Å². The lowest BCUT2D eigenvalue weighted by molar-refractivity contribution is 0.302. The zero-order chi connectivity index (χ0) is 12.5. The number of ether oxygens (including phenoxy) is 1. The molecule has 0 amide bonds. The van der Waals surface area contributed by atoms with Crippen LogP contribution >= 0.6 is 0 Å². The van der Waals surface area contributed by atoms with Crippen molar-refractivity contribution in [1.82, 2.24) is 0 Å². The van der Waals surface area contributed by atoms with Gasteiger partial charge in [0.2, 0.25) is 10.0 Å². The average molecular weight is 256 g/mol. The van der Waals surface area contributed by atoms with Gasteiger partial charge in [0.1, 0.15) is 10.6 Å². The molecule has 0 aliphatic heterocycles. The van der Waals surface area contributed by atoms with Gasteiger partial charge in [-0.05, 0) is 24.5 Å². The number of benzene rings is 1. The van der Waals surface area contributed by atoms with E-state index in [2.05, 4.69) is 0 Å². The summed E-state index contributed by atoms with van der Waals surface area (Å²) >= 11 is 0. The monoisotopic (exact) mass is 256 g/mol. The lowest BCUT2D eigenvalue weighted by Gasteiger charge is -2.08. The second kappa shape index (κ2) is 4.54. The number of hydrogen-bond donors (Lipinski definition) is 2. The van der Waals surface area contributed by atoms with Crippen molar-refractivity contribution in [2.24, 2.45) is 11.1 Å². The molecule has 17 heavy (non-hydrogen) atoms. The molecule has 0 spiro atoms.